The van der Waals surface area contributed by atoms with Gasteiger partial charge in [-0.05, 0) is 30.4 Å². The van der Waals surface area contributed by atoms with Gasteiger partial charge in [-0.3, -0.25) is 0 Å². The van der Waals surface area contributed by atoms with Crippen LogP contribution in [0.15, 0.2) is 28.8 Å². The molecule has 0 radical (unpaired) electrons. The Hall–Kier alpha value is -1.33. The minimum atomic E-state index is -0.177. The van der Waals surface area contributed by atoms with Gasteiger partial charge in [0.1, 0.15) is 0 Å². The zero-order valence-corrected chi connectivity index (χ0v) is 12.1. The summed E-state index contributed by atoms with van der Waals surface area (Å²) in [6.07, 6.45) is 3.93. The van der Waals surface area contributed by atoms with Crippen molar-refractivity contribution in [2.75, 3.05) is 12.0 Å². The fourth-order valence-corrected chi connectivity index (χ4v) is 2.25. The maximum atomic E-state index is 6.01. The van der Waals surface area contributed by atoms with E-state index in [1.807, 2.05) is 12.1 Å². The predicted octanol–water partition coefficient (Wildman–Crippen LogP) is 3.05. The molecule has 0 amide bonds. The zero-order valence-electron chi connectivity index (χ0n) is 11.3. The maximum Gasteiger partial charge on any atom is 0.243 e. The lowest BCUT2D eigenvalue weighted by molar-refractivity contribution is 0.353. The number of hydrogen-bond acceptors (Lipinski definition) is 5. The Morgan fingerprint density at radius 1 is 1.32 bits per heavy atom. The number of nitrogens with two attached hydrogens (primary N) is 1. The molecule has 102 valence electrons. The highest BCUT2D eigenvalue weighted by Crippen LogP contribution is 2.20. The van der Waals surface area contributed by atoms with Crippen molar-refractivity contribution >= 4 is 11.8 Å². The molecule has 1 atom stereocenters. The normalized spacial score (nSPS) is 12.6. The summed E-state index contributed by atoms with van der Waals surface area (Å²) < 4.78 is 5.24. The second-order valence-corrected chi connectivity index (χ2v) is 5.38. The first-order valence-corrected chi connectivity index (χ1v) is 7.81. The van der Waals surface area contributed by atoms with Gasteiger partial charge in [0.15, 0.2) is 0 Å². The predicted molar refractivity (Wildman–Crippen MR) is 79.0 cm³/mol. The molecule has 0 bridgehead atoms. The van der Waals surface area contributed by atoms with Crippen LogP contribution < -0.4 is 5.73 Å². The van der Waals surface area contributed by atoms with Crippen LogP contribution in [0.1, 0.15) is 30.8 Å². The summed E-state index contributed by atoms with van der Waals surface area (Å²) in [5.41, 5.74) is 8.27. The third-order valence-corrected chi connectivity index (χ3v) is 3.66. The van der Waals surface area contributed by atoms with Gasteiger partial charge in [0.2, 0.25) is 11.7 Å². The fraction of sp³-hybridized carbons (Fsp3) is 0.429. The first-order chi connectivity index (χ1) is 9.24. The Balaban J connectivity index is 2.11. The summed E-state index contributed by atoms with van der Waals surface area (Å²) in [5.74, 6) is 2.12. The Morgan fingerprint density at radius 2 is 2.05 bits per heavy atom. The summed E-state index contributed by atoms with van der Waals surface area (Å²) in [7, 11) is 0. The molecule has 0 saturated heterocycles. The van der Waals surface area contributed by atoms with E-state index in [-0.39, 0.29) is 6.04 Å². The fourth-order valence-electron chi connectivity index (χ4n) is 1.76. The number of hydrogen-bond donors (Lipinski definition) is 1. The van der Waals surface area contributed by atoms with E-state index in [1.54, 1.807) is 11.8 Å². The van der Waals surface area contributed by atoms with Crippen LogP contribution in [0.25, 0.3) is 11.4 Å². The van der Waals surface area contributed by atoms with E-state index in [2.05, 4.69) is 35.5 Å². The summed E-state index contributed by atoms with van der Waals surface area (Å²) in [6.45, 7) is 2.13. The number of aryl methyl sites for hydroxylation is 1. The number of benzene rings is 1. The van der Waals surface area contributed by atoms with Gasteiger partial charge in [0.25, 0.3) is 0 Å². The SMILES string of the molecule is CCc1ccc(-c2noc(C(N)CCSC)n2)cc1. The van der Waals surface area contributed by atoms with Gasteiger partial charge in [-0.25, -0.2) is 0 Å². The molecule has 4 nitrogen and oxygen atoms in total. The highest BCUT2D eigenvalue weighted by Gasteiger charge is 2.15. The molecule has 0 fully saturated rings. The molecule has 1 heterocycles. The molecule has 0 aliphatic heterocycles. The monoisotopic (exact) mass is 277 g/mol. The third kappa shape index (κ3) is 3.58. The first kappa shape index (κ1) is 14.1. The van der Waals surface area contributed by atoms with Gasteiger partial charge >= 0.3 is 0 Å². The number of nitrogens with zero attached hydrogens (tertiary/aromatic N) is 2. The quantitative estimate of drug-likeness (QED) is 0.879. The van der Waals surface area contributed by atoms with Crippen molar-refractivity contribution in [3.63, 3.8) is 0 Å². The van der Waals surface area contributed by atoms with E-state index in [9.17, 15) is 0 Å². The van der Waals surface area contributed by atoms with Gasteiger partial charge in [0.05, 0.1) is 6.04 Å². The van der Waals surface area contributed by atoms with Crippen molar-refractivity contribution < 1.29 is 4.52 Å². The van der Waals surface area contributed by atoms with Crippen molar-refractivity contribution in [2.45, 2.75) is 25.8 Å². The molecule has 2 aromatic rings. The van der Waals surface area contributed by atoms with Crippen LogP contribution >= 0.6 is 11.8 Å². The van der Waals surface area contributed by atoms with Crippen LogP contribution in [-0.4, -0.2) is 22.1 Å². The lowest BCUT2D eigenvalue weighted by Crippen LogP contribution is -2.11. The van der Waals surface area contributed by atoms with E-state index in [4.69, 9.17) is 10.3 Å². The van der Waals surface area contributed by atoms with Crippen molar-refractivity contribution in [1.82, 2.24) is 10.1 Å². The highest BCUT2D eigenvalue weighted by molar-refractivity contribution is 7.98. The van der Waals surface area contributed by atoms with Crippen molar-refractivity contribution in [3.05, 3.63) is 35.7 Å². The maximum absolute atomic E-state index is 6.01. The summed E-state index contributed by atoms with van der Waals surface area (Å²) in [5, 5.41) is 4.00. The first-order valence-electron chi connectivity index (χ1n) is 6.42. The second kappa shape index (κ2) is 6.73. The number of rotatable bonds is 6. The third-order valence-electron chi connectivity index (χ3n) is 3.01. The van der Waals surface area contributed by atoms with Crippen molar-refractivity contribution in [1.29, 1.82) is 0 Å². The van der Waals surface area contributed by atoms with Crippen LogP contribution in [0.5, 0.6) is 0 Å². The van der Waals surface area contributed by atoms with Crippen molar-refractivity contribution in [2.24, 2.45) is 5.73 Å². The molecular weight excluding hydrogens is 258 g/mol. The van der Waals surface area contributed by atoms with E-state index >= 15 is 0 Å². The lowest BCUT2D eigenvalue weighted by atomic mass is 10.1. The second-order valence-electron chi connectivity index (χ2n) is 4.39. The molecule has 2 rings (SSSR count). The Labute approximate surface area is 117 Å². The van der Waals surface area contributed by atoms with Gasteiger partial charge < -0.3 is 10.3 Å². The molecule has 0 aliphatic carbocycles. The zero-order chi connectivity index (χ0) is 13.7. The minimum Gasteiger partial charge on any atom is -0.337 e. The van der Waals surface area contributed by atoms with E-state index in [0.29, 0.717) is 11.7 Å². The topological polar surface area (TPSA) is 64.9 Å². The van der Waals surface area contributed by atoms with Crippen LogP contribution in [0, 0.1) is 0 Å². The van der Waals surface area contributed by atoms with Crippen LogP contribution in [0.4, 0.5) is 0 Å². The van der Waals surface area contributed by atoms with Crippen LogP contribution in [0.3, 0.4) is 0 Å². The average Bonchev–Trinajstić information content (AvgIpc) is 2.94. The van der Waals surface area contributed by atoms with E-state index < -0.39 is 0 Å². The molecular formula is C14H19N3OS. The van der Waals surface area contributed by atoms with E-state index in [0.717, 1.165) is 24.2 Å². The minimum absolute atomic E-state index is 0.177. The Morgan fingerprint density at radius 3 is 2.68 bits per heavy atom. The van der Waals surface area contributed by atoms with Crippen molar-refractivity contribution in [3.8, 4) is 11.4 Å². The molecule has 19 heavy (non-hydrogen) atoms. The Bertz CT molecular complexity index is 510. The molecule has 1 unspecified atom stereocenters. The van der Waals surface area contributed by atoms with Crippen LogP contribution in [-0.2, 0) is 6.42 Å². The van der Waals surface area contributed by atoms with Gasteiger partial charge in [-0.15, -0.1) is 0 Å². The van der Waals surface area contributed by atoms with Gasteiger partial charge in [0, 0.05) is 5.56 Å². The summed E-state index contributed by atoms with van der Waals surface area (Å²) in [6, 6.07) is 8.02. The number of thioether (sulfide) groups is 1. The molecule has 0 saturated carbocycles. The van der Waals surface area contributed by atoms with Gasteiger partial charge in [-0.1, -0.05) is 36.3 Å². The molecule has 2 N–H and O–H groups in total. The smallest absolute Gasteiger partial charge is 0.243 e. The van der Waals surface area contributed by atoms with E-state index in [1.165, 1.54) is 5.56 Å². The molecule has 0 aliphatic rings. The van der Waals surface area contributed by atoms with Crippen LogP contribution in [0.2, 0.25) is 0 Å². The summed E-state index contributed by atoms with van der Waals surface area (Å²) in [4.78, 5) is 4.38. The molecule has 5 heteroatoms. The Kier molecular flexibility index (Phi) is 4.99. The average molecular weight is 277 g/mol. The molecule has 1 aromatic heterocycles. The van der Waals surface area contributed by atoms with Gasteiger partial charge in [-0.2, -0.15) is 16.7 Å². The standard InChI is InChI=1S/C14H19N3OS/c1-3-10-4-6-11(7-5-10)13-16-14(18-17-13)12(15)8-9-19-2/h4-7,12H,3,8-9,15H2,1-2H3. The lowest BCUT2D eigenvalue weighted by Gasteiger charge is -2.03. The summed E-state index contributed by atoms with van der Waals surface area (Å²) >= 11 is 1.76. The highest BCUT2D eigenvalue weighted by atomic mass is 32.2. The largest absolute Gasteiger partial charge is 0.337 e. The molecule has 1 aromatic carbocycles. The molecule has 0 spiro atoms. The number of aromatic nitrogens is 2.